The summed E-state index contributed by atoms with van der Waals surface area (Å²) >= 11 is 2.46. The first-order valence-electron chi connectivity index (χ1n) is 7.65. The van der Waals surface area contributed by atoms with Gasteiger partial charge in [-0.1, -0.05) is 0 Å². The number of fused-ring (bicyclic) bond motifs is 1. The molecule has 0 N–H and O–H groups in total. The van der Waals surface area contributed by atoms with E-state index < -0.39 is 8.07 Å². The molecule has 5 unspecified atom stereocenters. The van der Waals surface area contributed by atoms with E-state index in [1.807, 2.05) is 0 Å². The Morgan fingerprint density at radius 2 is 1.39 bits per heavy atom. The summed E-state index contributed by atoms with van der Waals surface area (Å²) in [5, 5.41) is 1.62. The summed E-state index contributed by atoms with van der Waals surface area (Å²) in [7, 11) is -1.44. The molecule has 124 valence electrons. The average Bonchev–Trinajstić information content (AvgIpc) is 2.73. The van der Waals surface area contributed by atoms with E-state index in [1.54, 1.807) is 5.19 Å². The van der Waals surface area contributed by atoms with Gasteiger partial charge in [-0.25, -0.2) is 0 Å². The van der Waals surface area contributed by atoms with Gasteiger partial charge in [0.2, 0.25) is 0 Å². The van der Waals surface area contributed by atoms with Crippen LogP contribution in [-0.2, 0) is 20.4 Å². The van der Waals surface area contributed by atoms with E-state index in [0.717, 1.165) is 27.5 Å². The smallest absolute Gasteiger partial charge is 1.00 e. The van der Waals surface area contributed by atoms with Crippen LogP contribution in [0.4, 0.5) is 0 Å². The van der Waals surface area contributed by atoms with Crippen LogP contribution in [0.1, 0.15) is 6.92 Å². The Balaban J connectivity index is 0.00000161. The first kappa shape index (κ1) is 23.5. The van der Waals surface area contributed by atoms with Crippen molar-refractivity contribution < 1.29 is 57.7 Å². The second kappa shape index (κ2) is 9.27. The van der Waals surface area contributed by atoms with Crippen LogP contribution < -0.4 is 42.4 Å². The van der Waals surface area contributed by atoms with Gasteiger partial charge >= 0.3 is 136 Å². The van der Waals surface area contributed by atoms with Crippen LogP contribution in [0.3, 0.4) is 0 Å². The molecule has 2 aliphatic rings. The average molecular weight is 422 g/mol. The molecule has 1 fully saturated rings. The molecule has 1 aromatic carbocycles. The summed E-state index contributed by atoms with van der Waals surface area (Å²) < 4.78 is 0.807. The molecule has 0 heterocycles. The minimum Gasteiger partial charge on any atom is -1.00 e. The van der Waals surface area contributed by atoms with E-state index in [-0.39, 0.29) is 37.2 Å². The molecule has 0 bridgehead atoms. The van der Waals surface area contributed by atoms with Gasteiger partial charge in [0.15, 0.2) is 0 Å². The fourth-order valence-corrected chi connectivity index (χ4v) is 9.88. The molecular weight excluding hydrogens is 399 g/mol. The summed E-state index contributed by atoms with van der Waals surface area (Å²) in [5.74, 6) is 2.33. The van der Waals surface area contributed by atoms with Gasteiger partial charge in [0.1, 0.15) is 0 Å². The molecule has 5 atom stereocenters. The maximum atomic E-state index is 2.57. The standard InChI is InChI=1S/C18H23Si.3ClH.Ti/c1-14-13-15-9-7-8-12-17(15)18(14)19(2,3)16-10-5-4-6-11-16;;;;/h4-15,17-18H,1-3H3;3*1H;/q;;;;+3/p-3. The van der Waals surface area contributed by atoms with Crippen molar-refractivity contribution in [3.05, 3.63) is 54.6 Å². The van der Waals surface area contributed by atoms with Crippen LogP contribution in [0.15, 0.2) is 54.6 Å². The molecule has 2 aliphatic carbocycles. The number of benzene rings is 1. The van der Waals surface area contributed by atoms with E-state index >= 15 is 0 Å². The van der Waals surface area contributed by atoms with Crippen molar-refractivity contribution in [1.29, 1.82) is 0 Å². The van der Waals surface area contributed by atoms with Crippen molar-refractivity contribution in [3.8, 4) is 0 Å². The minimum absolute atomic E-state index is 0. The third kappa shape index (κ3) is 4.19. The van der Waals surface area contributed by atoms with Gasteiger partial charge in [-0.2, -0.15) is 0 Å². The predicted octanol–water partition coefficient (Wildman–Crippen LogP) is -4.67. The van der Waals surface area contributed by atoms with E-state index in [1.165, 1.54) is 0 Å². The topological polar surface area (TPSA) is 0 Å². The molecule has 0 amide bonds. The second-order valence-corrected chi connectivity index (χ2v) is 12.7. The van der Waals surface area contributed by atoms with Crippen molar-refractivity contribution in [1.82, 2.24) is 0 Å². The zero-order chi connectivity index (χ0) is 14.3. The third-order valence-electron chi connectivity index (χ3n) is 5.54. The second-order valence-electron chi connectivity index (χ2n) is 6.92. The number of hydrogen-bond acceptors (Lipinski definition) is 0. The van der Waals surface area contributed by atoms with E-state index in [0.29, 0.717) is 0 Å². The Bertz CT molecular complexity index is 544. The molecule has 0 nitrogen and oxygen atoms in total. The van der Waals surface area contributed by atoms with E-state index in [9.17, 15) is 0 Å². The van der Waals surface area contributed by atoms with E-state index in [4.69, 9.17) is 0 Å². The maximum Gasteiger partial charge on any atom is -1.00 e. The summed E-state index contributed by atoms with van der Waals surface area (Å²) in [5.41, 5.74) is 0.853. The van der Waals surface area contributed by atoms with Gasteiger partial charge in [0, 0.05) is 0 Å². The summed E-state index contributed by atoms with van der Waals surface area (Å²) in [4.78, 5) is 0. The fraction of sp³-hybridized carbons (Fsp3) is 0.444. The van der Waals surface area contributed by atoms with Crippen LogP contribution in [0.5, 0.6) is 0 Å². The van der Waals surface area contributed by atoms with Crippen molar-refractivity contribution in [3.63, 3.8) is 0 Å². The zero-order valence-corrected chi connectivity index (χ0v) is 18.5. The van der Waals surface area contributed by atoms with Crippen molar-refractivity contribution >= 4 is 13.3 Å². The normalized spacial score (nSPS) is 31.4. The Morgan fingerprint density at radius 3 is 1.96 bits per heavy atom. The van der Waals surface area contributed by atoms with Crippen molar-refractivity contribution in [2.75, 3.05) is 0 Å². The molecule has 23 heavy (non-hydrogen) atoms. The molecule has 5 heteroatoms. The quantitative estimate of drug-likeness (QED) is 0.421. The molecule has 0 spiro atoms. The van der Waals surface area contributed by atoms with Crippen molar-refractivity contribution in [2.45, 2.75) is 29.8 Å². The van der Waals surface area contributed by atoms with Crippen LogP contribution in [0, 0.1) is 17.8 Å². The number of rotatable bonds is 2. The zero-order valence-electron chi connectivity index (χ0n) is 13.7. The number of halogens is 3. The molecule has 0 aromatic heterocycles. The van der Waals surface area contributed by atoms with Crippen LogP contribution in [0.25, 0.3) is 0 Å². The number of hydrogen-bond donors (Lipinski definition) is 0. The largest absolute Gasteiger partial charge is 1.00 e. The Hall–Kier alpha value is 0.501. The maximum absolute atomic E-state index is 2.57. The third-order valence-corrected chi connectivity index (χ3v) is 11.4. The monoisotopic (exact) mass is 420 g/mol. The van der Waals surface area contributed by atoms with Gasteiger partial charge in [-0.05, 0) is 0 Å². The first-order valence-corrected chi connectivity index (χ1v) is 11.6. The van der Waals surface area contributed by atoms with Crippen molar-refractivity contribution in [2.24, 2.45) is 17.8 Å². The molecular formula is C18H23Cl3SiTi. The fourth-order valence-electron chi connectivity index (χ4n) is 4.48. The predicted molar refractivity (Wildman–Crippen MR) is 85.5 cm³/mol. The summed E-state index contributed by atoms with van der Waals surface area (Å²) in [6.45, 7) is 7.64. The molecule has 0 radical (unpaired) electrons. The van der Waals surface area contributed by atoms with Crippen LogP contribution in [0.2, 0.25) is 22.9 Å². The molecule has 0 aliphatic heterocycles. The van der Waals surface area contributed by atoms with Gasteiger partial charge in [0.05, 0.1) is 0 Å². The molecule has 1 saturated carbocycles. The van der Waals surface area contributed by atoms with Crippen LogP contribution in [-0.4, -0.2) is 8.07 Å². The molecule has 3 rings (SSSR count). The number of allylic oxidation sites excluding steroid dienone is 4. The summed E-state index contributed by atoms with van der Waals surface area (Å²) in [6.07, 6.45) is 9.48. The first-order chi connectivity index (χ1) is 9.53. The molecule has 0 saturated heterocycles. The van der Waals surface area contributed by atoms with Gasteiger partial charge in [0.25, 0.3) is 0 Å². The van der Waals surface area contributed by atoms with Crippen LogP contribution >= 0.6 is 0 Å². The van der Waals surface area contributed by atoms with Gasteiger partial charge < -0.3 is 37.2 Å². The SMILES string of the molecule is CC1[CH]([Ti+3])C2C=CC=CC2C1[Si](C)(C)c1ccccc1.[Cl-].[Cl-].[Cl-]. The molecule has 1 aromatic rings. The Morgan fingerprint density at radius 1 is 0.870 bits per heavy atom. The van der Waals surface area contributed by atoms with Gasteiger partial charge in [-0.3, -0.25) is 0 Å². The Labute approximate surface area is 172 Å². The Kier molecular flexibility index (Phi) is 9.47. The van der Waals surface area contributed by atoms with E-state index in [2.05, 4.69) is 95.1 Å². The summed E-state index contributed by atoms with van der Waals surface area (Å²) in [6, 6.07) is 11.3. The minimum atomic E-state index is -1.44. The van der Waals surface area contributed by atoms with Gasteiger partial charge in [-0.15, -0.1) is 0 Å².